The van der Waals surface area contributed by atoms with Crippen LogP contribution in [0.1, 0.15) is 40.0 Å². The molecule has 1 aromatic carbocycles. The Morgan fingerprint density at radius 2 is 1.21 bits per heavy atom. The van der Waals surface area contributed by atoms with E-state index in [2.05, 4.69) is 20.8 Å². The van der Waals surface area contributed by atoms with Crippen LogP contribution < -0.4 is 19.9 Å². The Morgan fingerprint density at radius 1 is 0.789 bits per heavy atom. The highest BCUT2D eigenvalue weighted by molar-refractivity contribution is 5.60. The van der Waals surface area contributed by atoms with Gasteiger partial charge in [-0.1, -0.05) is 20.8 Å². The topological polar surface area (TPSA) is 53.7 Å². The second-order valence-corrected chi connectivity index (χ2v) is 4.39. The summed E-state index contributed by atoms with van der Waals surface area (Å²) in [5.41, 5.74) is 6.51. The van der Waals surface area contributed by atoms with E-state index in [1.165, 1.54) is 0 Å². The van der Waals surface area contributed by atoms with E-state index < -0.39 is 0 Å². The normalized spacial score (nSPS) is 10.3. The summed E-state index contributed by atoms with van der Waals surface area (Å²) in [7, 11) is 0. The molecule has 0 unspecified atom stereocenters. The predicted molar refractivity (Wildman–Crippen MR) is 78.2 cm³/mol. The lowest BCUT2D eigenvalue weighted by Crippen LogP contribution is -2.05. The number of ether oxygens (including phenoxy) is 3. The van der Waals surface area contributed by atoms with E-state index in [0.717, 1.165) is 19.3 Å². The summed E-state index contributed by atoms with van der Waals surface area (Å²) in [4.78, 5) is 0. The molecule has 1 rings (SSSR count). The van der Waals surface area contributed by atoms with E-state index in [4.69, 9.17) is 19.9 Å². The fourth-order valence-corrected chi connectivity index (χ4v) is 1.58. The van der Waals surface area contributed by atoms with Gasteiger partial charge in [0.15, 0.2) is 11.5 Å². The van der Waals surface area contributed by atoms with Crippen LogP contribution in [0.2, 0.25) is 0 Å². The Hall–Kier alpha value is -1.58. The van der Waals surface area contributed by atoms with Gasteiger partial charge in [0.1, 0.15) is 0 Å². The lowest BCUT2D eigenvalue weighted by atomic mass is 10.2. The van der Waals surface area contributed by atoms with Crippen molar-refractivity contribution in [2.45, 2.75) is 40.0 Å². The predicted octanol–water partition coefficient (Wildman–Crippen LogP) is 3.64. The molecule has 0 saturated carbocycles. The maximum Gasteiger partial charge on any atom is 0.203 e. The van der Waals surface area contributed by atoms with Gasteiger partial charge in [0.25, 0.3) is 0 Å². The minimum atomic E-state index is 0.626. The maximum atomic E-state index is 5.88. The van der Waals surface area contributed by atoms with Crippen LogP contribution in [0.5, 0.6) is 17.2 Å². The van der Waals surface area contributed by atoms with E-state index >= 15 is 0 Å². The summed E-state index contributed by atoms with van der Waals surface area (Å²) >= 11 is 0. The third-order valence-corrected chi connectivity index (χ3v) is 2.42. The Labute approximate surface area is 115 Å². The molecule has 0 saturated heterocycles. The molecule has 0 aliphatic rings. The molecule has 0 aliphatic carbocycles. The Kier molecular flexibility index (Phi) is 6.93. The molecule has 108 valence electrons. The van der Waals surface area contributed by atoms with E-state index in [1.807, 2.05) is 0 Å². The van der Waals surface area contributed by atoms with Crippen LogP contribution in [0.4, 0.5) is 5.69 Å². The maximum absolute atomic E-state index is 5.88. The van der Waals surface area contributed by atoms with Gasteiger partial charge in [-0.3, -0.25) is 0 Å². The standard InChI is InChI=1S/C15H25NO3/c1-4-7-17-13-10-12(16)11-14(18-8-5-2)15(13)19-9-6-3/h10-11H,4-9,16H2,1-3H3. The molecule has 0 heterocycles. The number of benzene rings is 1. The van der Waals surface area contributed by atoms with Gasteiger partial charge in [-0.25, -0.2) is 0 Å². The fourth-order valence-electron chi connectivity index (χ4n) is 1.58. The van der Waals surface area contributed by atoms with Gasteiger partial charge in [0.05, 0.1) is 19.8 Å². The van der Waals surface area contributed by atoms with E-state index in [0.29, 0.717) is 42.8 Å². The molecule has 19 heavy (non-hydrogen) atoms. The lowest BCUT2D eigenvalue weighted by molar-refractivity contribution is 0.243. The molecule has 0 aromatic heterocycles. The first-order chi connectivity index (χ1) is 9.22. The molecular weight excluding hydrogens is 242 g/mol. The average molecular weight is 267 g/mol. The van der Waals surface area contributed by atoms with E-state index in [1.54, 1.807) is 12.1 Å². The third-order valence-electron chi connectivity index (χ3n) is 2.42. The zero-order valence-corrected chi connectivity index (χ0v) is 12.2. The lowest BCUT2D eigenvalue weighted by Gasteiger charge is -2.17. The molecule has 4 nitrogen and oxygen atoms in total. The second kappa shape index (κ2) is 8.51. The van der Waals surface area contributed by atoms with Crippen molar-refractivity contribution >= 4 is 5.69 Å². The van der Waals surface area contributed by atoms with Crippen molar-refractivity contribution in [1.29, 1.82) is 0 Å². The highest BCUT2D eigenvalue weighted by Gasteiger charge is 2.14. The molecule has 2 N–H and O–H groups in total. The minimum absolute atomic E-state index is 0.626. The molecule has 0 radical (unpaired) electrons. The van der Waals surface area contributed by atoms with Crippen molar-refractivity contribution in [2.75, 3.05) is 25.6 Å². The zero-order chi connectivity index (χ0) is 14.1. The summed E-state index contributed by atoms with van der Waals surface area (Å²) in [6, 6.07) is 3.58. The highest BCUT2D eigenvalue weighted by Crippen LogP contribution is 2.40. The zero-order valence-electron chi connectivity index (χ0n) is 12.2. The number of nitrogens with two attached hydrogens (primary N) is 1. The van der Waals surface area contributed by atoms with E-state index in [9.17, 15) is 0 Å². The number of hydrogen-bond donors (Lipinski definition) is 1. The van der Waals surface area contributed by atoms with Crippen molar-refractivity contribution in [3.05, 3.63) is 12.1 Å². The number of hydrogen-bond acceptors (Lipinski definition) is 4. The van der Waals surface area contributed by atoms with Gasteiger partial charge < -0.3 is 19.9 Å². The molecule has 0 amide bonds. The van der Waals surface area contributed by atoms with Gasteiger partial charge in [0.2, 0.25) is 5.75 Å². The van der Waals surface area contributed by atoms with Crippen LogP contribution in [0, 0.1) is 0 Å². The third kappa shape index (κ3) is 4.89. The first-order valence-electron chi connectivity index (χ1n) is 7.04. The van der Waals surface area contributed by atoms with Crippen LogP contribution in [-0.2, 0) is 0 Å². The van der Waals surface area contributed by atoms with Crippen LogP contribution in [0.25, 0.3) is 0 Å². The first-order valence-corrected chi connectivity index (χ1v) is 7.04. The summed E-state index contributed by atoms with van der Waals surface area (Å²) < 4.78 is 17.2. The highest BCUT2D eigenvalue weighted by atomic mass is 16.5. The quantitative estimate of drug-likeness (QED) is 0.694. The fraction of sp³-hybridized carbons (Fsp3) is 0.600. The number of anilines is 1. The molecule has 4 heteroatoms. The smallest absolute Gasteiger partial charge is 0.203 e. The number of nitrogen functional groups attached to an aromatic ring is 1. The van der Waals surface area contributed by atoms with Crippen molar-refractivity contribution in [2.24, 2.45) is 0 Å². The Bertz CT molecular complexity index is 351. The van der Waals surface area contributed by atoms with Crippen LogP contribution in [0.15, 0.2) is 12.1 Å². The van der Waals surface area contributed by atoms with E-state index in [-0.39, 0.29) is 0 Å². The molecule has 0 fully saturated rings. The monoisotopic (exact) mass is 267 g/mol. The molecule has 0 aliphatic heterocycles. The van der Waals surface area contributed by atoms with Crippen molar-refractivity contribution < 1.29 is 14.2 Å². The van der Waals surface area contributed by atoms with Crippen LogP contribution in [-0.4, -0.2) is 19.8 Å². The molecular formula is C15H25NO3. The van der Waals surface area contributed by atoms with Gasteiger partial charge in [0, 0.05) is 17.8 Å². The van der Waals surface area contributed by atoms with Crippen molar-refractivity contribution in [3.8, 4) is 17.2 Å². The molecule has 0 atom stereocenters. The van der Waals surface area contributed by atoms with Gasteiger partial charge >= 0.3 is 0 Å². The van der Waals surface area contributed by atoms with Crippen LogP contribution in [0.3, 0.4) is 0 Å². The van der Waals surface area contributed by atoms with Crippen molar-refractivity contribution in [3.63, 3.8) is 0 Å². The minimum Gasteiger partial charge on any atom is -0.489 e. The summed E-state index contributed by atoms with van der Waals surface area (Å²) in [5.74, 6) is 2.00. The summed E-state index contributed by atoms with van der Waals surface area (Å²) in [6.07, 6.45) is 2.81. The van der Waals surface area contributed by atoms with Gasteiger partial charge in [-0.2, -0.15) is 0 Å². The van der Waals surface area contributed by atoms with Gasteiger partial charge in [-0.05, 0) is 19.3 Å². The second-order valence-electron chi connectivity index (χ2n) is 4.39. The number of rotatable bonds is 9. The Morgan fingerprint density at radius 3 is 1.63 bits per heavy atom. The van der Waals surface area contributed by atoms with Crippen molar-refractivity contribution in [1.82, 2.24) is 0 Å². The Balaban J connectivity index is 2.99. The average Bonchev–Trinajstić information content (AvgIpc) is 2.41. The largest absolute Gasteiger partial charge is 0.489 e. The molecule has 0 bridgehead atoms. The van der Waals surface area contributed by atoms with Gasteiger partial charge in [-0.15, -0.1) is 0 Å². The summed E-state index contributed by atoms with van der Waals surface area (Å²) in [5, 5.41) is 0. The SMILES string of the molecule is CCCOc1cc(N)cc(OCCC)c1OCCC. The first kappa shape index (κ1) is 15.5. The summed E-state index contributed by atoms with van der Waals surface area (Å²) in [6.45, 7) is 8.10. The van der Waals surface area contributed by atoms with Crippen LogP contribution >= 0.6 is 0 Å². The molecule has 0 spiro atoms. The molecule has 1 aromatic rings.